The number of amides is 1. The van der Waals surface area contributed by atoms with E-state index in [4.69, 9.17) is 16.4 Å². The summed E-state index contributed by atoms with van der Waals surface area (Å²) in [6, 6.07) is 1.23. The summed E-state index contributed by atoms with van der Waals surface area (Å²) in [4.78, 5) is 26.4. The Morgan fingerprint density at radius 1 is 1.30 bits per heavy atom. The number of anilines is 1. The minimum atomic E-state index is -1.31. The van der Waals surface area contributed by atoms with Gasteiger partial charge in [0.25, 0.3) is 5.69 Å². The number of nitrogens with one attached hydrogen (secondary N) is 1. The molecule has 2 N–H and O–H groups in total. The molecule has 0 aliphatic rings. The highest BCUT2D eigenvalue weighted by atomic mass is 19.1. The molecule has 160 valence electrons. The largest absolute Gasteiger partial charge is 0.481 e. The van der Waals surface area contributed by atoms with Gasteiger partial charge in [0.05, 0.1) is 13.0 Å². The molecule has 1 aromatic heterocycles. The number of carboxylic acids is 1. The molecule has 0 saturated heterocycles. The molecule has 1 aromatic carbocycles. The highest BCUT2D eigenvalue weighted by Crippen LogP contribution is 2.40. The summed E-state index contributed by atoms with van der Waals surface area (Å²) in [5.74, 6) is -3.20. The van der Waals surface area contributed by atoms with Gasteiger partial charge in [-0.3, -0.25) is 14.8 Å². The summed E-state index contributed by atoms with van der Waals surface area (Å²) in [5, 5.41) is 15.5. The normalized spacial score (nSPS) is 11.3. The fourth-order valence-corrected chi connectivity index (χ4v) is 2.67. The quantitative estimate of drug-likeness (QED) is 0.668. The first-order valence-electron chi connectivity index (χ1n) is 9.04. The van der Waals surface area contributed by atoms with Gasteiger partial charge >= 0.3 is 12.1 Å². The highest BCUT2D eigenvalue weighted by molar-refractivity contribution is 5.93. The van der Waals surface area contributed by atoms with Gasteiger partial charge in [-0.15, -0.1) is 0 Å². The Hall–Kier alpha value is -3.48. The Morgan fingerprint density at radius 3 is 2.43 bits per heavy atom. The third kappa shape index (κ3) is 5.11. The molecule has 0 fully saturated rings. The second kappa shape index (κ2) is 8.49. The van der Waals surface area contributed by atoms with Crippen molar-refractivity contribution in [3.63, 3.8) is 0 Å². The van der Waals surface area contributed by atoms with Gasteiger partial charge in [0.15, 0.2) is 0 Å². The fourth-order valence-electron chi connectivity index (χ4n) is 2.67. The molecular formula is C20H22F2N4O4. The molecule has 1 heterocycles. The van der Waals surface area contributed by atoms with Crippen molar-refractivity contribution in [3.05, 3.63) is 40.7 Å². The Bertz CT molecular complexity index is 1030. The number of ether oxygens (including phenoxy) is 1. The van der Waals surface area contributed by atoms with Gasteiger partial charge in [-0.05, 0) is 46.8 Å². The Morgan fingerprint density at radius 2 is 1.93 bits per heavy atom. The average Bonchev–Trinajstić information content (AvgIpc) is 2.93. The summed E-state index contributed by atoms with van der Waals surface area (Å²) in [6.45, 7) is 16.0. The Kier molecular flexibility index (Phi) is 6.45. The molecule has 8 nitrogen and oxygen atoms in total. The van der Waals surface area contributed by atoms with Crippen LogP contribution in [-0.2, 0) is 16.0 Å². The minimum Gasteiger partial charge on any atom is -0.481 e. The van der Waals surface area contributed by atoms with Gasteiger partial charge < -0.3 is 9.84 Å². The molecule has 2 aromatic rings. The van der Waals surface area contributed by atoms with Crippen molar-refractivity contribution in [2.45, 2.75) is 52.7 Å². The first kappa shape index (κ1) is 22.8. The molecule has 0 spiro atoms. The standard InChI is InChI=1S/C20H22F2N4O4/c1-10(2)26-18(24-19(29)30-20(3,4)5)17(23-6)16(25-26)12-9-13(21)11(7-14(12)22)8-15(27)28/h7,9-10H,8H2,1-5H3,(H,24,29)(H,27,28). The molecule has 1 amide bonds. The highest BCUT2D eigenvalue weighted by Gasteiger charge is 2.27. The molecular weight excluding hydrogens is 398 g/mol. The molecule has 2 rings (SSSR count). The van der Waals surface area contributed by atoms with Gasteiger partial charge in [0, 0.05) is 17.2 Å². The van der Waals surface area contributed by atoms with Crippen molar-refractivity contribution in [2.24, 2.45) is 0 Å². The number of aromatic nitrogens is 2. The lowest BCUT2D eigenvalue weighted by molar-refractivity contribution is -0.136. The maximum Gasteiger partial charge on any atom is 0.412 e. The SMILES string of the molecule is [C-]#[N+]c1c(-c2cc(F)c(CC(=O)O)cc2F)nn(C(C)C)c1NC(=O)OC(C)(C)C. The van der Waals surface area contributed by atoms with Gasteiger partial charge in [-0.25, -0.2) is 18.4 Å². The van der Waals surface area contributed by atoms with E-state index in [9.17, 15) is 18.4 Å². The van der Waals surface area contributed by atoms with Crippen LogP contribution in [0.25, 0.3) is 16.1 Å². The van der Waals surface area contributed by atoms with Crippen LogP contribution in [0.4, 0.5) is 25.1 Å². The zero-order chi connectivity index (χ0) is 22.8. The smallest absolute Gasteiger partial charge is 0.412 e. The molecule has 0 saturated carbocycles. The fraction of sp³-hybridized carbons (Fsp3) is 0.400. The third-order valence-corrected chi connectivity index (χ3v) is 3.84. The number of nitrogens with zero attached hydrogens (tertiary/aromatic N) is 3. The van der Waals surface area contributed by atoms with Crippen molar-refractivity contribution in [1.29, 1.82) is 0 Å². The molecule has 0 unspecified atom stereocenters. The number of carbonyl (C=O) groups is 2. The monoisotopic (exact) mass is 420 g/mol. The minimum absolute atomic E-state index is 0.0151. The lowest BCUT2D eigenvalue weighted by Crippen LogP contribution is -2.28. The van der Waals surface area contributed by atoms with E-state index in [1.54, 1.807) is 34.6 Å². The van der Waals surface area contributed by atoms with Crippen molar-refractivity contribution in [1.82, 2.24) is 9.78 Å². The van der Waals surface area contributed by atoms with E-state index in [0.29, 0.717) is 0 Å². The van der Waals surface area contributed by atoms with Crippen molar-refractivity contribution >= 4 is 23.6 Å². The van der Waals surface area contributed by atoms with Crippen LogP contribution in [0.3, 0.4) is 0 Å². The molecule has 0 bridgehead atoms. The summed E-state index contributed by atoms with van der Waals surface area (Å²) in [7, 11) is 0. The summed E-state index contributed by atoms with van der Waals surface area (Å²) in [6.07, 6.45) is -1.52. The zero-order valence-corrected chi connectivity index (χ0v) is 17.2. The van der Waals surface area contributed by atoms with Crippen LogP contribution in [0.15, 0.2) is 12.1 Å². The predicted molar refractivity (Wildman–Crippen MR) is 105 cm³/mol. The van der Waals surface area contributed by atoms with Crippen LogP contribution in [0.2, 0.25) is 0 Å². The van der Waals surface area contributed by atoms with Gasteiger partial charge in [-0.1, -0.05) is 0 Å². The molecule has 10 heteroatoms. The second-order valence-corrected chi connectivity index (χ2v) is 7.82. The number of rotatable bonds is 5. The number of aliphatic carboxylic acids is 1. The number of carbonyl (C=O) groups excluding carboxylic acids is 1. The van der Waals surface area contributed by atoms with E-state index in [2.05, 4.69) is 15.3 Å². The molecule has 0 aliphatic carbocycles. The van der Waals surface area contributed by atoms with Crippen molar-refractivity contribution in [3.8, 4) is 11.3 Å². The van der Waals surface area contributed by atoms with Crippen LogP contribution < -0.4 is 5.32 Å². The maximum absolute atomic E-state index is 14.7. The van der Waals surface area contributed by atoms with E-state index < -0.39 is 35.7 Å². The average molecular weight is 420 g/mol. The van der Waals surface area contributed by atoms with E-state index in [-0.39, 0.29) is 34.4 Å². The summed E-state index contributed by atoms with van der Waals surface area (Å²) < 4.78 is 35.5. The van der Waals surface area contributed by atoms with Crippen molar-refractivity contribution in [2.75, 3.05) is 5.32 Å². The molecule has 0 aliphatic heterocycles. The first-order valence-corrected chi connectivity index (χ1v) is 9.04. The van der Waals surface area contributed by atoms with E-state index in [1.807, 2.05) is 0 Å². The lowest BCUT2D eigenvalue weighted by atomic mass is 10.0. The Balaban J connectivity index is 2.60. The van der Waals surface area contributed by atoms with E-state index in [1.165, 1.54) is 4.68 Å². The number of benzene rings is 1. The van der Waals surface area contributed by atoms with Gasteiger partial charge in [-0.2, -0.15) is 5.10 Å². The van der Waals surface area contributed by atoms with E-state index >= 15 is 0 Å². The zero-order valence-electron chi connectivity index (χ0n) is 17.2. The number of hydrogen-bond acceptors (Lipinski definition) is 4. The van der Waals surface area contributed by atoms with Crippen LogP contribution in [-0.4, -0.2) is 32.6 Å². The third-order valence-electron chi connectivity index (χ3n) is 3.84. The molecule has 0 radical (unpaired) electrons. The number of halogens is 2. The summed E-state index contributed by atoms with van der Waals surface area (Å²) >= 11 is 0. The van der Waals surface area contributed by atoms with Gasteiger partial charge in [0.1, 0.15) is 28.7 Å². The maximum atomic E-state index is 14.7. The second-order valence-electron chi connectivity index (χ2n) is 7.82. The van der Waals surface area contributed by atoms with E-state index in [0.717, 1.165) is 12.1 Å². The Labute approximate surface area is 172 Å². The topological polar surface area (TPSA) is 97.8 Å². The van der Waals surface area contributed by atoms with Gasteiger partial charge in [0.2, 0.25) is 0 Å². The molecule has 30 heavy (non-hydrogen) atoms. The number of hydrogen-bond donors (Lipinski definition) is 2. The first-order chi connectivity index (χ1) is 13.8. The number of carboxylic acid groups (broad SMARTS) is 1. The van der Waals surface area contributed by atoms with Crippen LogP contribution in [0.5, 0.6) is 0 Å². The predicted octanol–water partition coefficient (Wildman–Crippen LogP) is 4.93. The summed E-state index contributed by atoms with van der Waals surface area (Å²) in [5.41, 5.74) is -1.81. The van der Waals surface area contributed by atoms with Crippen LogP contribution in [0, 0.1) is 18.2 Å². The molecule has 0 atom stereocenters. The van der Waals surface area contributed by atoms with Crippen LogP contribution in [0.1, 0.15) is 46.2 Å². The van der Waals surface area contributed by atoms with Crippen molar-refractivity contribution < 1.29 is 28.2 Å². The lowest BCUT2D eigenvalue weighted by Gasteiger charge is -2.20. The van der Waals surface area contributed by atoms with Crippen LogP contribution >= 0.6 is 0 Å².